The number of carbonyl (C=O) groups is 2. The SMILES string of the molecule is O=C(NSc1ccccc1)c1cc2cc(NC(=O)C3NCCC3C3CCCCC3)ccc2o1. The molecule has 2 amide bonds. The molecule has 1 aliphatic heterocycles. The van der Waals surface area contributed by atoms with Gasteiger partial charge in [0.2, 0.25) is 5.91 Å². The van der Waals surface area contributed by atoms with Gasteiger partial charge in [0, 0.05) is 16.0 Å². The molecule has 5 rings (SSSR count). The van der Waals surface area contributed by atoms with E-state index in [2.05, 4.69) is 15.4 Å². The molecule has 3 aromatic rings. The summed E-state index contributed by atoms with van der Waals surface area (Å²) in [6, 6.07) is 16.7. The molecule has 0 spiro atoms. The number of amides is 2. The second-order valence-electron chi connectivity index (χ2n) is 8.98. The third-order valence-corrected chi connectivity index (χ3v) is 7.62. The van der Waals surface area contributed by atoms with E-state index in [1.165, 1.54) is 44.1 Å². The summed E-state index contributed by atoms with van der Waals surface area (Å²) in [5.41, 5.74) is 1.33. The van der Waals surface area contributed by atoms with Gasteiger partial charge < -0.3 is 15.1 Å². The Balaban J connectivity index is 1.23. The van der Waals surface area contributed by atoms with Gasteiger partial charge in [0.1, 0.15) is 5.58 Å². The van der Waals surface area contributed by atoms with Crippen molar-refractivity contribution in [1.82, 2.24) is 10.0 Å². The van der Waals surface area contributed by atoms with Crippen LogP contribution >= 0.6 is 11.9 Å². The number of furan rings is 1. The van der Waals surface area contributed by atoms with Gasteiger partial charge >= 0.3 is 0 Å². The van der Waals surface area contributed by atoms with Gasteiger partial charge in [-0.1, -0.05) is 50.3 Å². The van der Waals surface area contributed by atoms with E-state index >= 15 is 0 Å². The van der Waals surface area contributed by atoms with Crippen LogP contribution in [0.25, 0.3) is 11.0 Å². The molecule has 0 radical (unpaired) electrons. The predicted octanol–water partition coefficient (Wildman–Crippen LogP) is 5.37. The molecule has 2 heterocycles. The Bertz CT molecular complexity index is 1120. The lowest BCUT2D eigenvalue weighted by molar-refractivity contribution is -0.119. The molecule has 0 bridgehead atoms. The highest BCUT2D eigenvalue weighted by atomic mass is 32.2. The fourth-order valence-electron chi connectivity index (χ4n) is 5.18. The first-order valence-electron chi connectivity index (χ1n) is 11.8. The minimum Gasteiger partial charge on any atom is -0.451 e. The van der Waals surface area contributed by atoms with E-state index in [4.69, 9.17) is 4.42 Å². The summed E-state index contributed by atoms with van der Waals surface area (Å²) < 4.78 is 8.53. The highest BCUT2D eigenvalue weighted by molar-refractivity contribution is 7.98. The normalized spacial score (nSPS) is 21.2. The Morgan fingerprint density at radius 2 is 1.79 bits per heavy atom. The van der Waals surface area contributed by atoms with Crippen molar-refractivity contribution >= 4 is 40.4 Å². The van der Waals surface area contributed by atoms with Gasteiger partial charge in [-0.2, -0.15) is 0 Å². The molecule has 7 heteroatoms. The van der Waals surface area contributed by atoms with Crippen molar-refractivity contribution in [2.24, 2.45) is 11.8 Å². The minimum atomic E-state index is -0.295. The third kappa shape index (κ3) is 5.09. The van der Waals surface area contributed by atoms with Crippen molar-refractivity contribution in [2.45, 2.75) is 49.5 Å². The summed E-state index contributed by atoms with van der Waals surface area (Å²) in [7, 11) is 0. The number of hydrogen-bond acceptors (Lipinski definition) is 5. The summed E-state index contributed by atoms with van der Waals surface area (Å²) >= 11 is 1.25. The molecule has 2 atom stereocenters. The van der Waals surface area contributed by atoms with Gasteiger partial charge in [-0.25, -0.2) is 0 Å². The molecule has 1 aromatic heterocycles. The zero-order chi connectivity index (χ0) is 22.6. The molecule has 2 aliphatic rings. The topological polar surface area (TPSA) is 83.4 Å². The molecule has 2 aromatic carbocycles. The molecule has 1 saturated heterocycles. The molecule has 33 heavy (non-hydrogen) atoms. The highest BCUT2D eigenvalue weighted by Gasteiger charge is 2.38. The smallest absolute Gasteiger partial charge is 0.297 e. The van der Waals surface area contributed by atoms with Crippen molar-refractivity contribution in [3.8, 4) is 0 Å². The summed E-state index contributed by atoms with van der Waals surface area (Å²) in [6.07, 6.45) is 7.44. The summed E-state index contributed by atoms with van der Waals surface area (Å²) in [5, 5.41) is 7.29. The maximum Gasteiger partial charge on any atom is 0.297 e. The maximum atomic E-state index is 13.1. The first-order chi connectivity index (χ1) is 16.2. The van der Waals surface area contributed by atoms with E-state index in [1.54, 1.807) is 12.1 Å². The predicted molar refractivity (Wildman–Crippen MR) is 131 cm³/mol. The monoisotopic (exact) mass is 463 g/mol. The van der Waals surface area contributed by atoms with Gasteiger partial charge in [0.15, 0.2) is 5.76 Å². The first-order valence-corrected chi connectivity index (χ1v) is 12.6. The van der Waals surface area contributed by atoms with E-state index in [9.17, 15) is 9.59 Å². The van der Waals surface area contributed by atoms with Gasteiger partial charge in [-0.05, 0) is 73.1 Å². The lowest BCUT2D eigenvalue weighted by atomic mass is 9.76. The number of hydrogen-bond donors (Lipinski definition) is 3. The molecule has 1 saturated carbocycles. The molecule has 2 unspecified atom stereocenters. The van der Waals surface area contributed by atoms with Crippen LogP contribution in [0.15, 0.2) is 63.9 Å². The lowest BCUT2D eigenvalue weighted by Gasteiger charge is -2.30. The second kappa shape index (κ2) is 10.0. The average Bonchev–Trinajstić information content (AvgIpc) is 3.51. The Morgan fingerprint density at radius 1 is 0.970 bits per heavy atom. The van der Waals surface area contributed by atoms with Gasteiger partial charge in [0.25, 0.3) is 5.91 Å². The fraction of sp³-hybridized carbons (Fsp3) is 0.385. The van der Waals surface area contributed by atoms with Crippen LogP contribution in [-0.2, 0) is 4.79 Å². The maximum absolute atomic E-state index is 13.1. The van der Waals surface area contributed by atoms with Crippen molar-refractivity contribution in [3.05, 3.63) is 60.4 Å². The number of rotatable bonds is 6. The molecule has 3 N–H and O–H groups in total. The molecular formula is C26H29N3O3S. The third-order valence-electron chi connectivity index (χ3n) is 6.82. The quantitative estimate of drug-likeness (QED) is 0.428. The summed E-state index contributed by atoms with van der Waals surface area (Å²) in [6.45, 7) is 0.902. The Labute approximate surface area is 198 Å². The largest absolute Gasteiger partial charge is 0.451 e. The van der Waals surface area contributed by atoms with E-state index < -0.39 is 0 Å². The van der Waals surface area contributed by atoms with E-state index in [0.717, 1.165) is 28.9 Å². The van der Waals surface area contributed by atoms with Crippen molar-refractivity contribution < 1.29 is 14.0 Å². The molecule has 2 fully saturated rings. The lowest BCUT2D eigenvalue weighted by Crippen LogP contribution is -2.42. The van der Waals surface area contributed by atoms with Gasteiger partial charge in [-0.3, -0.25) is 14.3 Å². The van der Waals surface area contributed by atoms with E-state index in [-0.39, 0.29) is 23.6 Å². The average molecular weight is 464 g/mol. The number of benzene rings is 2. The van der Waals surface area contributed by atoms with Crippen LogP contribution in [0.4, 0.5) is 5.69 Å². The van der Waals surface area contributed by atoms with Gasteiger partial charge in [0.05, 0.1) is 6.04 Å². The van der Waals surface area contributed by atoms with Crippen LogP contribution in [0, 0.1) is 11.8 Å². The Morgan fingerprint density at radius 3 is 2.61 bits per heavy atom. The van der Waals surface area contributed by atoms with Crippen LogP contribution in [0.2, 0.25) is 0 Å². The summed E-state index contributed by atoms with van der Waals surface area (Å²) in [4.78, 5) is 26.5. The molecule has 6 nitrogen and oxygen atoms in total. The van der Waals surface area contributed by atoms with Crippen LogP contribution < -0.4 is 15.4 Å². The number of nitrogens with one attached hydrogen (secondary N) is 3. The van der Waals surface area contributed by atoms with Crippen LogP contribution in [0.3, 0.4) is 0 Å². The zero-order valence-corrected chi connectivity index (χ0v) is 19.3. The zero-order valence-electron chi connectivity index (χ0n) is 18.5. The molecule has 172 valence electrons. The van der Waals surface area contributed by atoms with Crippen LogP contribution in [-0.4, -0.2) is 24.4 Å². The standard InChI is InChI=1S/C26H29N3O3S/c30-25(29-33-20-9-5-2-6-10-20)23-16-18-15-19(11-12-22(18)32-23)28-26(31)24-21(13-14-27-24)17-7-3-1-4-8-17/h2,5-6,9-12,15-17,21,24,27H,1,3-4,7-8,13-14H2,(H,28,31)(H,29,30). The Kier molecular flexibility index (Phi) is 6.69. The Hall–Kier alpha value is -2.77. The minimum absolute atomic E-state index is 0.0307. The molecular weight excluding hydrogens is 434 g/mol. The van der Waals surface area contributed by atoms with Crippen LogP contribution in [0.5, 0.6) is 0 Å². The fourth-order valence-corrected chi connectivity index (χ4v) is 5.78. The van der Waals surface area contributed by atoms with Crippen molar-refractivity contribution in [2.75, 3.05) is 11.9 Å². The number of anilines is 1. The van der Waals surface area contributed by atoms with E-state index in [0.29, 0.717) is 17.4 Å². The van der Waals surface area contributed by atoms with Crippen molar-refractivity contribution in [1.29, 1.82) is 0 Å². The highest BCUT2D eigenvalue weighted by Crippen LogP contribution is 2.36. The van der Waals surface area contributed by atoms with E-state index in [1.807, 2.05) is 42.5 Å². The van der Waals surface area contributed by atoms with Gasteiger partial charge in [-0.15, -0.1) is 0 Å². The van der Waals surface area contributed by atoms with Crippen molar-refractivity contribution in [3.63, 3.8) is 0 Å². The summed E-state index contributed by atoms with van der Waals surface area (Å²) in [5.74, 6) is 1.04. The number of carbonyl (C=O) groups excluding carboxylic acids is 2. The molecule has 1 aliphatic carbocycles. The first kappa shape index (κ1) is 22.0. The second-order valence-corrected chi connectivity index (χ2v) is 9.86. The van der Waals surface area contributed by atoms with Crippen LogP contribution in [0.1, 0.15) is 49.1 Å². The number of fused-ring (bicyclic) bond motifs is 1.